The molecule has 2 fully saturated rings. The van der Waals surface area contributed by atoms with E-state index in [1.165, 1.54) is 12.8 Å². The van der Waals surface area contributed by atoms with Crippen LogP contribution in [0.4, 0.5) is 0 Å². The molecule has 3 nitrogen and oxygen atoms in total. The number of hydrogen-bond donors (Lipinski definition) is 1. The summed E-state index contributed by atoms with van der Waals surface area (Å²) in [7, 11) is -2.73. The van der Waals surface area contributed by atoms with Crippen molar-refractivity contribution in [3.8, 4) is 0 Å². The van der Waals surface area contributed by atoms with Crippen LogP contribution in [0.3, 0.4) is 0 Å². The average molecular weight is 231 g/mol. The van der Waals surface area contributed by atoms with Crippen LogP contribution in [0.5, 0.6) is 0 Å². The molecule has 2 rings (SSSR count). The Kier molecular flexibility index (Phi) is 2.84. The Morgan fingerprint density at radius 2 is 1.93 bits per heavy atom. The monoisotopic (exact) mass is 231 g/mol. The molecule has 0 bridgehead atoms. The van der Waals surface area contributed by atoms with Gasteiger partial charge in [0.1, 0.15) is 0 Å². The maximum atomic E-state index is 11.4. The molecule has 0 radical (unpaired) electrons. The standard InChI is InChI=1S/C11H21NO2S/c1-11(2,8-12-10-3-4-10)9-5-6-15(13,14)7-9/h9-10,12H,3-8H2,1-2H3. The van der Waals surface area contributed by atoms with E-state index in [1.54, 1.807) is 0 Å². The minimum absolute atomic E-state index is 0.117. The molecule has 2 aliphatic rings. The fourth-order valence-corrected chi connectivity index (χ4v) is 4.29. The van der Waals surface area contributed by atoms with Gasteiger partial charge < -0.3 is 5.32 Å². The van der Waals surface area contributed by atoms with E-state index in [4.69, 9.17) is 0 Å². The van der Waals surface area contributed by atoms with Gasteiger partial charge in [0.05, 0.1) is 11.5 Å². The third-order valence-corrected chi connectivity index (χ3v) is 5.53. The van der Waals surface area contributed by atoms with Crippen LogP contribution in [0.1, 0.15) is 33.1 Å². The second kappa shape index (κ2) is 3.74. The zero-order chi connectivity index (χ0) is 11.1. The lowest BCUT2D eigenvalue weighted by Gasteiger charge is -2.31. The third-order valence-electron chi connectivity index (χ3n) is 3.76. The molecular formula is C11H21NO2S. The van der Waals surface area contributed by atoms with Crippen molar-refractivity contribution in [3.05, 3.63) is 0 Å². The molecule has 1 saturated heterocycles. The quantitative estimate of drug-likeness (QED) is 0.791. The minimum Gasteiger partial charge on any atom is -0.313 e. The van der Waals surface area contributed by atoms with Gasteiger partial charge in [0.2, 0.25) is 0 Å². The smallest absolute Gasteiger partial charge is 0.150 e. The first-order valence-corrected chi connectivity index (χ1v) is 7.65. The molecule has 1 aliphatic heterocycles. The van der Waals surface area contributed by atoms with Crippen LogP contribution in [0, 0.1) is 11.3 Å². The molecule has 4 heteroatoms. The molecule has 1 aliphatic carbocycles. The van der Waals surface area contributed by atoms with E-state index in [2.05, 4.69) is 19.2 Å². The first-order chi connectivity index (χ1) is 6.89. The summed E-state index contributed by atoms with van der Waals surface area (Å²) in [4.78, 5) is 0. The maximum absolute atomic E-state index is 11.4. The molecular weight excluding hydrogens is 210 g/mol. The SMILES string of the molecule is CC(C)(CNC1CC1)C1CCS(=O)(=O)C1. The van der Waals surface area contributed by atoms with Crippen LogP contribution in [0.15, 0.2) is 0 Å². The summed E-state index contributed by atoms with van der Waals surface area (Å²) < 4.78 is 22.8. The molecule has 1 heterocycles. The van der Waals surface area contributed by atoms with Gasteiger partial charge in [-0.05, 0) is 30.6 Å². The maximum Gasteiger partial charge on any atom is 0.150 e. The van der Waals surface area contributed by atoms with Crippen molar-refractivity contribution in [2.45, 2.75) is 39.2 Å². The van der Waals surface area contributed by atoms with Crippen LogP contribution < -0.4 is 5.32 Å². The molecule has 0 aromatic rings. The summed E-state index contributed by atoms with van der Waals surface area (Å²) in [5.41, 5.74) is 0.117. The van der Waals surface area contributed by atoms with Crippen LogP contribution in [-0.2, 0) is 9.84 Å². The van der Waals surface area contributed by atoms with E-state index in [9.17, 15) is 8.42 Å². The van der Waals surface area contributed by atoms with Gasteiger partial charge in [0, 0.05) is 12.6 Å². The Hall–Kier alpha value is -0.0900. The van der Waals surface area contributed by atoms with Crippen LogP contribution in [0.25, 0.3) is 0 Å². The topological polar surface area (TPSA) is 46.2 Å². The molecule has 1 N–H and O–H groups in total. The lowest BCUT2D eigenvalue weighted by atomic mass is 9.78. The van der Waals surface area contributed by atoms with Gasteiger partial charge in [-0.25, -0.2) is 8.42 Å². The second-order valence-corrected chi connectivity index (χ2v) is 7.97. The van der Waals surface area contributed by atoms with E-state index in [1.807, 2.05) is 0 Å². The molecule has 1 saturated carbocycles. The minimum atomic E-state index is -2.73. The summed E-state index contributed by atoms with van der Waals surface area (Å²) in [6.45, 7) is 5.33. The van der Waals surface area contributed by atoms with E-state index < -0.39 is 9.84 Å². The first kappa shape index (κ1) is 11.4. The van der Waals surface area contributed by atoms with Gasteiger partial charge in [-0.15, -0.1) is 0 Å². The molecule has 88 valence electrons. The summed E-state index contributed by atoms with van der Waals surface area (Å²) >= 11 is 0. The average Bonchev–Trinajstić information content (AvgIpc) is 2.87. The Morgan fingerprint density at radius 1 is 1.27 bits per heavy atom. The molecule has 15 heavy (non-hydrogen) atoms. The van der Waals surface area contributed by atoms with Crippen LogP contribution >= 0.6 is 0 Å². The van der Waals surface area contributed by atoms with Crippen molar-refractivity contribution < 1.29 is 8.42 Å². The van der Waals surface area contributed by atoms with Crippen LogP contribution in [0.2, 0.25) is 0 Å². The largest absolute Gasteiger partial charge is 0.313 e. The zero-order valence-corrected chi connectivity index (χ0v) is 10.4. The van der Waals surface area contributed by atoms with E-state index >= 15 is 0 Å². The van der Waals surface area contributed by atoms with Crippen molar-refractivity contribution in [1.82, 2.24) is 5.32 Å². The number of nitrogens with one attached hydrogen (secondary N) is 1. The van der Waals surface area contributed by atoms with Crippen molar-refractivity contribution in [1.29, 1.82) is 0 Å². The lowest BCUT2D eigenvalue weighted by Crippen LogP contribution is -2.37. The van der Waals surface area contributed by atoms with E-state index in [-0.39, 0.29) is 5.41 Å². The number of rotatable bonds is 4. The Morgan fingerprint density at radius 3 is 2.40 bits per heavy atom. The molecule has 1 unspecified atom stereocenters. The predicted molar refractivity (Wildman–Crippen MR) is 61.6 cm³/mol. The molecule has 0 aromatic carbocycles. The van der Waals surface area contributed by atoms with Gasteiger partial charge in [-0.3, -0.25) is 0 Å². The first-order valence-electron chi connectivity index (χ1n) is 5.83. The lowest BCUT2D eigenvalue weighted by molar-refractivity contribution is 0.225. The third kappa shape index (κ3) is 2.94. The van der Waals surface area contributed by atoms with Gasteiger partial charge in [0.25, 0.3) is 0 Å². The van der Waals surface area contributed by atoms with Crippen molar-refractivity contribution in [2.24, 2.45) is 11.3 Å². The normalized spacial score (nSPS) is 30.7. The van der Waals surface area contributed by atoms with Crippen molar-refractivity contribution in [3.63, 3.8) is 0 Å². The van der Waals surface area contributed by atoms with Gasteiger partial charge in [-0.1, -0.05) is 13.8 Å². The Bertz CT molecular complexity index is 330. The highest BCUT2D eigenvalue weighted by atomic mass is 32.2. The number of hydrogen-bond acceptors (Lipinski definition) is 3. The summed E-state index contributed by atoms with van der Waals surface area (Å²) in [6.07, 6.45) is 3.43. The second-order valence-electron chi connectivity index (χ2n) is 5.74. The number of sulfone groups is 1. The van der Waals surface area contributed by atoms with E-state index in [0.29, 0.717) is 23.5 Å². The molecule has 0 spiro atoms. The Labute approximate surface area is 92.6 Å². The zero-order valence-electron chi connectivity index (χ0n) is 9.62. The van der Waals surface area contributed by atoms with Crippen molar-refractivity contribution >= 4 is 9.84 Å². The molecule has 0 amide bonds. The Balaban J connectivity index is 1.89. The van der Waals surface area contributed by atoms with E-state index in [0.717, 1.165) is 13.0 Å². The van der Waals surface area contributed by atoms with Gasteiger partial charge in [-0.2, -0.15) is 0 Å². The highest BCUT2D eigenvalue weighted by Gasteiger charge is 2.39. The summed E-state index contributed by atoms with van der Waals surface area (Å²) in [6, 6.07) is 0.710. The predicted octanol–water partition coefficient (Wildman–Crippen LogP) is 1.20. The van der Waals surface area contributed by atoms with Gasteiger partial charge >= 0.3 is 0 Å². The molecule has 1 atom stereocenters. The fourth-order valence-electron chi connectivity index (χ4n) is 2.25. The van der Waals surface area contributed by atoms with Gasteiger partial charge in [0.15, 0.2) is 9.84 Å². The van der Waals surface area contributed by atoms with Crippen LogP contribution in [-0.4, -0.2) is 32.5 Å². The molecule has 0 aromatic heterocycles. The summed E-state index contributed by atoms with van der Waals surface area (Å²) in [5, 5.41) is 3.51. The summed E-state index contributed by atoms with van der Waals surface area (Å²) in [5.74, 6) is 1.13. The highest BCUT2D eigenvalue weighted by Crippen LogP contribution is 2.35. The fraction of sp³-hybridized carbons (Fsp3) is 1.00. The van der Waals surface area contributed by atoms with Crippen molar-refractivity contribution in [2.75, 3.05) is 18.1 Å². The highest BCUT2D eigenvalue weighted by molar-refractivity contribution is 7.91.